The maximum Gasteiger partial charge on any atom is 0.239 e. The minimum atomic E-state index is 0.0192. The normalized spacial score (nSPS) is 10.1. The van der Waals surface area contributed by atoms with E-state index in [-0.39, 0.29) is 5.91 Å². The SMILES string of the molecule is CCNCc1ccccc1N(C)CC(=O)NC. The molecule has 94 valence electrons. The molecule has 0 aliphatic heterocycles. The highest BCUT2D eigenvalue weighted by molar-refractivity contribution is 5.81. The van der Waals surface area contributed by atoms with Crippen molar-refractivity contribution < 1.29 is 4.79 Å². The highest BCUT2D eigenvalue weighted by Crippen LogP contribution is 2.18. The molecule has 17 heavy (non-hydrogen) atoms. The molecule has 0 aliphatic carbocycles. The summed E-state index contributed by atoms with van der Waals surface area (Å²) >= 11 is 0. The van der Waals surface area contributed by atoms with Crippen molar-refractivity contribution in [1.29, 1.82) is 0 Å². The molecule has 1 amide bonds. The number of likely N-dealkylation sites (N-methyl/N-ethyl adjacent to an activating group) is 2. The molecule has 0 atom stereocenters. The van der Waals surface area contributed by atoms with E-state index in [1.54, 1.807) is 7.05 Å². The highest BCUT2D eigenvalue weighted by atomic mass is 16.1. The Hall–Kier alpha value is -1.55. The van der Waals surface area contributed by atoms with Crippen LogP contribution in [0.5, 0.6) is 0 Å². The third-order valence-corrected chi connectivity index (χ3v) is 2.63. The summed E-state index contributed by atoms with van der Waals surface area (Å²) in [4.78, 5) is 13.3. The van der Waals surface area contributed by atoms with Crippen molar-refractivity contribution in [3.8, 4) is 0 Å². The fourth-order valence-electron chi connectivity index (χ4n) is 1.67. The van der Waals surface area contributed by atoms with Crippen molar-refractivity contribution in [2.75, 3.05) is 32.1 Å². The Morgan fingerprint density at radius 2 is 2.06 bits per heavy atom. The molecular weight excluding hydrogens is 214 g/mol. The molecule has 0 unspecified atom stereocenters. The number of hydrogen-bond donors (Lipinski definition) is 2. The molecule has 1 rings (SSSR count). The summed E-state index contributed by atoms with van der Waals surface area (Å²) in [5, 5.41) is 5.93. The second-order valence-electron chi connectivity index (χ2n) is 3.94. The van der Waals surface area contributed by atoms with Gasteiger partial charge in [-0.15, -0.1) is 0 Å². The first kappa shape index (κ1) is 13.5. The van der Waals surface area contributed by atoms with Crippen LogP contribution in [-0.4, -0.2) is 33.1 Å². The van der Waals surface area contributed by atoms with Gasteiger partial charge in [0, 0.05) is 26.3 Å². The number of rotatable bonds is 6. The fraction of sp³-hybridized carbons (Fsp3) is 0.462. The van der Waals surface area contributed by atoms with Gasteiger partial charge in [0.1, 0.15) is 0 Å². The second-order valence-corrected chi connectivity index (χ2v) is 3.94. The van der Waals surface area contributed by atoms with Crippen molar-refractivity contribution in [3.05, 3.63) is 29.8 Å². The third kappa shape index (κ3) is 4.07. The summed E-state index contributed by atoms with van der Waals surface area (Å²) in [7, 11) is 3.58. The summed E-state index contributed by atoms with van der Waals surface area (Å²) in [6.45, 7) is 4.22. The van der Waals surface area contributed by atoms with E-state index in [4.69, 9.17) is 0 Å². The monoisotopic (exact) mass is 235 g/mol. The number of carbonyl (C=O) groups excluding carboxylic acids is 1. The van der Waals surface area contributed by atoms with Crippen molar-refractivity contribution in [2.45, 2.75) is 13.5 Å². The molecule has 4 heteroatoms. The van der Waals surface area contributed by atoms with Crippen LogP contribution in [0.3, 0.4) is 0 Å². The van der Waals surface area contributed by atoms with Crippen molar-refractivity contribution in [2.24, 2.45) is 0 Å². The van der Waals surface area contributed by atoms with Crippen LogP contribution in [0.4, 0.5) is 5.69 Å². The number of benzene rings is 1. The summed E-state index contributed by atoms with van der Waals surface area (Å²) in [5.74, 6) is 0.0192. The van der Waals surface area contributed by atoms with Crippen LogP contribution < -0.4 is 15.5 Å². The van der Waals surface area contributed by atoms with Crippen molar-refractivity contribution in [3.63, 3.8) is 0 Å². The van der Waals surface area contributed by atoms with Crippen molar-refractivity contribution in [1.82, 2.24) is 10.6 Å². The first-order valence-corrected chi connectivity index (χ1v) is 5.89. The van der Waals surface area contributed by atoms with E-state index in [9.17, 15) is 4.79 Å². The summed E-state index contributed by atoms with van der Waals surface area (Å²) in [6, 6.07) is 8.13. The van der Waals surface area contributed by atoms with Gasteiger partial charge in [-0.25, -0.2) is 0 Å². The largest absolute Gasteiger partial charge is 0.365 e. The minimum Gasteiger partial charge on any atom is -0.365 e. The van der Waals surface area contributed by atoms with Crippen LogP contribution in [0.2, 0.25) is 0 Å². The number of carbonyl (C=O) groups is 1. The number of hydrogen-bond acceptors (Lipinski definition) is 3. The Morgan fingerprint density at radius 3 is 2.71 bits per heavy atom. The quantitative estimate of drug-likeness (QED) is 0.772. The number of nitrogens with zero attached hydrogens (tertiary/aromatic N) is 1. The van der Waals surface area contributed by atoms with Gasteiger partial charge >= 0.3 is 0 Å². The van der Waals surface area contributed by atoms with Crippen LogP contribution in [0, 0.1) is 0 Å². The second kappa shape index (κ2) is 6.91. The zero-order chi connectivity index (χ0) is 12.7. The average Bonchev–Trinajstić information content (AvgIpc) is 2.36. The van der Waals surface area contributed by atoms with Crippen LogP contribution in [0.25, 0.3) is 0 Å². The van der Waals surface area contributed by atoms with E-state index in [0.717, 1.165) is 18.8 Å². The predicted molar refractivity (Wildman–Crippen MR) is 71.2 cm³/mol. The third-order valence-electron chi connectivity index (χ3n) is 2.63. The number of anilines is 1. The number of amides is 1. The molecule has 0 heterocycles. The lowest BCUT2D eigenvalue weighted by Gasteiger charge is -2.21. The maximum atomic E-state index is 11.4. The standard InChI is InChI=1S/C13H21N3O/c1-4-15-9-11-7-5-6-8-12(11)16(3)10-13(17)14-2/h5-8,15H,4,9-10H2,1-3H3,(H,14,17). The molecule has 0 bridgehead atoms. The van der Waals surface area contributed by atoms with Crippen LogP contribution in [0.15, 0.2) is 24.3 Å². The van der Waals surface area contributed by atoms with Crippen LogP contribution in [0.1, 0.15) is 12.5 Å². The lowest BCUT2D eigenvalue weighted by atomic mass is 10.1. The molecule has 0 fully saturated rings. The summed E-state index contributed by atoms with van der Waals surface area (Å²) in [6.07, 6.45) is 0. The first-order chi connectivity index (χ1) is 8.19. The van der Waals surface area contributed by atoms with Crippen molar-refractivity contribution >= 4 is 11.6 Å². The molecule has 0 aromatic heterocycles. The molecule has 4 nitrogen and oxygen atoms in total. The van der Waals surface area contributed by atoms with E-state index in [1.807, 2.05) is 30.1 Å². The first-order valence-electron chi connectivity index (χ1n) is 5.89. The molecular formula is C13H21N3O. The molecule has 0 aliphatic rings. The molecule has 0 saturated carbocycles. The topological polar surface area (TPSA) is 44.4 Å². The molecule has 0 radical (unpaired) electrons. The van der Waals surface area contributed by atoms with E-state index in [1.165, 1.54) is 5.56 Å². The summed E-state index contributed by atoms with van der Waals surface area (Å²) < 4.78 is 0. The van der Waals surface area contributed by atoms with E-state index in [2.05, 4.69) is 23.6 Å². The Balaban J connectivity index is 2.77. The molecule has 0 saturated heterocycles. The lowest BCUT2D eigenvalue weighted by molar-refractivity contribution is -0.119. The number of nitrogens with one attached hydrogen (secondary N) is 2. The Morgan fingerprint density at radius 1 is 1.35 bits per heavy atom. The van der Waals surface area contributed by atoms with Gasteiger partial charge in [0.05, 0.1) is 6.54 Å². The Kier molecular flexibility index (Phi) is 5.49. The van der Waals surface area contributed by atoms with Gasteiger partial charge in [0.25, 0.3) is 0 Å². The highest BCUT2D eigenvalue weighted by Gasteiger charge is 2.09. The molecule has 1 aromatic rings. The Bertz CT molecular complexity index is 365. The predicted octanol–water partition coefficient (Wildman–Crippen LogP) is 0.978. The fourth-order valence-corrected chi connectivity index (χ4v) is 1.67. The van der Waals surface area contributed by atoms with Gasteiger partial charge in [0.15, 0.2) is 0 Å². The smallest absolute Gasteiger partial charge is 0.239 e. The number of para-hydroxylation sites is 1. The van der Waals surface area contributed by atoms with E-state index in [0.29, 0.717) is 6.54 Å². The van der Waals surface area contributed by atoms with Gasteiger partial charge in [-0.05, 0) is 18.2 Å². The van der Waals surface area contributed by atoms with Gasteiger partial charge in [-0.1, -0.05) is 25.1 Å². The van der Waals surface area contributed by atoms with Gasteiger partial charge in [-0.3, -0.25) is 4.79 Å². The zero-order valence-corrected chi connectivity index (χ0v) is 10.8. The molecule has 1 aromatic carbocycles. The maximum absolute atomic E-state index is 11.4. The van der Waals surface area contributed by atoms with E-state index >= 15 is 0 Å². The zero-order valence-electron chi connectivity index (χ0n) is 10.8. The van der Waals surface area contributed by atoms with Gasteiger partial charge in [-0.2, -0.15) is 0 Å². The van der Waals surface area contributed by atoms with Crippen LogP contribution in [-0.2, 0) is 11.3 Å². The molecule has 0 spiro atoms. The molecule has 2 N–H and O–H groups in total. The lowest BCUT2D eigenvalue weighted by Crippen LogP contribution is -2.33. The van der Waals surface area contributed by atoms with E-state index < -0.39 is 0 Å². The summed E-state index contributed by atoms with van der Waals surface area (Å²) in [5.41, 5.74) is 2.30. The van der Waals surface area contributed by atoms with Gasteiger partial charge in [0.2, 0.25) is 5.91 Å². The average molecular weight is 235 g/mol. The van der Waals surface area contributed by atoms with Crippen LogP contribution >= 0.6 is 0 Å². The van der Waals surface area contributed by atoms with Gasteiger partial charge < -0.3 is 15.5 Å². The Labute approximate surface area is 103 Å². The minimum absolute atomic E-state index is 0.0192.